The first-order valence-electron chi connectivity index (χ1n) is 12.2. The Morgan fingerprint density at radius 3 is 1.94 bits per heavy atom. The number of nitrogens with zero attached hydrogens (tertiary/aromatic N) is 2. The molecule has 1 fully saturated rings. The van der Waals surface area contributed by atoms with E-state index in [2.05, 4.69) is 96.9 Å². The van der Waals surface area contributed by atoms with Crippen molar-refractivity contribution < 1.29 is 9.53 Å². The van der Waals surface area contributed by atoms with Crippen molar-refractivity contribution in [2.24, 2.45) is 0 Å². The van der Waals surface area contributed by atoms with Crippen molar-refractivity contribution in [3.8, 4) is 5.75 Å². The van der Waals surface area contributed by atoms with Gasteiger partial charge in [0.25, 0.3) is 0 Å². The fourth-order valence-corrected chi connectivity index (χ4v) is 4.65. The molecule has 0 saturated carbocycles. The van der Waals surface area contributed by atoms with Crippen LogP contribution in [0.5, 0.6) is 5.75 Å². The minimum absolute atomic E-state index is 0.0164. The summed E-state index contributed by atoms with van der Waals surface area (Å²) in [6.45, 7) is 8.46. The highest BCUT2D eigenvalue weighted by Crippen LogP contribution is 2.29. The molecule has 4 rings (SSSR count). The number of ether oxygens (including phenoxy) is 1. The lowest BCUT2D eigenvalue weighted by atomic mass is 9.96. The second kappa shape index (κ2) is 11.7. The van der Waals surface area contributed by atoms with Gasteiger partial charge in [-0.15, -0.1) is 0 Å². The van der Waals surface area contributed by atoms with Gasteiger partial charge in [-0.1, -0.05) is 78.9 Å². The van der Waals surface area contributed by atoms with Crippen LogP contribution >= 0.6 is 0 Å². The molecule has 3 aromatic carbocycles. The number of piperazine rings is 1. The number of nitrogens with one attached hydrogen (secondary N) is 1. The summed E-state index contributed by atoms with van der Waals surface area (Å²) < 4.78 is 5.95. The molecule has 2 amide bonds. The number of hydrogen-bond donors (Lipinski definition) is 1. The Balaban J connectivity index is 1.25. The molecule has 5 heteroatoms. The van der Waals surface area contributed by atoms with Gasteiger partial charge in [0.15, 0.2) is 0 Å². The van der Waals surface area contributed by atoms with E-state index in [1.807, 2.05) is 11.0 Å². The Bertz CT molecular complexity index is 988. The number of benzene rings is 3. The number of amides is 2. The molecule has 5 nitrogen and oxygen atoms in total. The van der Waals surface area contributed by atoms with Crippen LogP contribution in [0, 0.1) is 13.8 Å². The van der Waals surface area contributed by atoms with Crippen molar-refractivity contribution in [1.82, 2.24) is 15.1 Å². The fraction of sp³-hybridized carbons (Fsp3) is 0.345. The summed E-state index contributed by atoms with van der Waals surface area (Å²) >= 11 is 0. The SMILES string of the molecule is Cc1cccc(C)c1OCCCNC(=O)N1CCN(C(c2ccccc2)c2ccccc2)CC1. The highest BCUT2D eigenvalue weighted by atomic mass is 16.5. The summed E-state index contributed by atoms with van der Waals surface area (Å²) in [6, 6.07) is 27.6. The smallest absolute Gasteiger partial charge is 0.317 e. The second-order valence-electron chi connectivity index (χ2n) is 8.90. The Hall–Kier alpha value is -3.31. The van der Waals surface area contributed by atoms with Gasteiger partial charge in [0.2, 0.25) is 0 Å². The first-order valence-corrected chi connectivity index (χ1v) is 12.2. The second-order valence-corrected chi connectivity index (χ2v) is 8.90. The molecule has 0 radical (unpaired) electrons. The molecule has 1 aliphatic rings. The van der Waals surface area contributed by atoms with E-state index >= 15 is 0 Å². The van der Waals surface area contributed by atoms with Gasteiger partial charge in [0.1, 0.15) is 5.75 Å². The third-order valence-electron chi connectivity index (χ3n) is 6.45. The molecule has 178 valence electrons. The summed E-state index contributed by atoms with van der Waals surface area (Å²) in [5.74, 6) is 0.955. The number of hydrogen-bond acceptors (Lipinski definition) is 3. The summed E-state index contributed by atoms with van der Waals surface area (Å²) in [4.78, 5) is 17.1. The van der Waals surface area contributed by atoms with Crippen molar-refractivity contribution in [1.29, 1.82) is 0 Å². The summed E-state index contributed by atoms with van der Waals surface area (Å²) in [5.41, 5.74) is 4.86. The molecule has 1 saturated heterocycles. The number of para-hydroxylation sites is 1. The van der Waals surface area contributed by atoms with Gasteiger partial charge in [0, 0.05) is 32.7 Å². The number of rotatable bonds is 8. The molecule has 0 spiro atoms. The highest BCUT2D eigenvalue weighted by molar-refractivity contribution is 5.74. The molecule has 1 N–H and O–H groups in total. The standard InChI is InChI=1S/C29H35N3O2/c1-23-11-9-12-24(2)28(23)34-22-10-17-30-29(33)32-20-18-31(19-21-32)27(25-13-5-3-6-14-25)26-15-7-4-8-16-26/h3-9,11-16,27H,10,17-22H2,1-2H3,(H,30,33). The van der Waals surface area contributed by atoms with Crippen LogP contribution in [0.15, 0.2) is 78.9 Å². The van der Waals surface area contributed by atoms with Gasteiger partial charge >= 0.3 is 6.03 Å². The van der Waals surface area contributed by atoms with Crippen LogP contribution < -0.4 is 10.1 Å². The van der Waals surface area contributed by atoms with Gasteiger partial charge in [-0.25, -0.2) is 4.79 Å². The Morgan fingerprint density at radius 1 is 0.824 bits per heavy atom. The molecule has 1 heterocycles. The van der Waals surface area contributed by atoms with E-state index in [0.29, 0.717) is 13.2 Å². The molecule has 1 aliphatic heterocycles. The zero-order valence-corrected chi connectivity index (χ0v) is 20.2. The third kappa shape index (κ3) is 5.97. The maximum Gasteiger partial charge on any atom is 0.317 e. The van der Waals surface area contributed by atoms with Crippen LogP contribution in [0.3, 0.4) is 0 Å². The maximum absolute atomic E-state index is 12.7. The van der Waals surface area contributed by atoms with Crippen LogP contribution in [0.1, 0.15) is 34.7 Å². The predicted molar refractivity (Wildman–Crippen MR) is 137 cm³/mol. The van der Waals surface area contributed by atoms with Crippen LogP contribution in [0.4, 0.5) is 4.79 Å². The topological polar surface area (TPSA) is 44.8 Å². The molecule has 0 aromatic heterocycles. The zero-order valence-electron chi connectivity index (χ0n) is 20.2. The predicted octanol–water partition coefficient (Wildman–Crippen LogP) is 5.19. The number of carbonyl (C=O) groups is 1. The molecule has 0 atom stereocenters. The Kier molecular flexibility index (Phi) is 8.21. The average molecular weight is 458 g/mol. The van der Waals surface area contributed by atoms with Crippen LogP contribution in [0.25, 0.3) is 0 Å². The molecule has 34 heavy (non-hydrogen) atoms. The van der Waals surface area contributed by atoms with Gasteiger partial charge in [-0.2, -0.15) is 0 Å². The fourth-order valence-electron chi connectivity index (χ4n) is 4.65. The van der Waals surface area contributed by atoms with E-state index < -0.39 is 0 Å². The van der Waals surface area contributed by atoms with E-state index in [-0.39, 0.29) is 12.1 Å². The first kappa shape index (κ1) is 23.8. The molecule has 3 aromatic rings. The molecular weight excluding hydrogens is 422 g/mol. The van der Waals surface area contributed by atoms with Crippen LogP contribution in [-0.4, -0.2) is 55.2 Å². The quantitative estimate of drug-likeness (QED) is 0.474. The van der Waals surface area contributed by atoms with Crippen molar-refractivity contribution in [3.63, 3.8) is 0 Å². The van der Waals surface area contributed by atoms with Gasteiger partial charge < -0.3 is 15.0 Å². The number of carbonyl (C=O) groups excluding carboxylic acids is 1. The summed E-state index contributed by atoms with van der Waals surface area (Å²) in [6.07, 6.45) is 0.781. The van der Waals surface area contributed by atoms with E-state index in [4.69, 9.17) is 4.74 Å². The highest BCUT2D eigenvalue weighted by Gasteiger charge is 2.27. The zero-order chi connectivity index (χ0) is 23.8. The van der Waals surface area contributed by atoms with E-state index in [1.165, 1.54) is 11.1 Å². The Morgan fingerprint density at radius 2 is 1.38 bits per heavy atom. The van der Waals surface area contributed by atoms with E-state index in [1.54, 1.807) is 0 Å². The van der Waals surface area contributed by atoms with Crippen molar-refractivity contribution in [2.45, 2.75) is 26.3 Å². The molecule has 0 aliphatic carbocycles. The lowest BCUT2D eigenvalue weighted by molar-refractivity contribution is 0.120. The average Bonchev–Trinajstić information content (AvgIpc) is 2.87. The first-order chi connectivity index (χ1) is 16.6. The maximum atomic E-state index is 12.7. The number of aryl methyl sites for hydroxylation is 2. The van der Waals surface area contributed by atoms with Crippen molar-refractivity contribution in [3.05, 3.63) is 101 Å². The minimum atomic E-state index is 0.0164. The van der Waals surface area contributed by atoms with E-state index in [0.717, 1.165) is 49.5 Å². The molecule has 0 unspecified atom stereocenters. The van der Waals surface area contributed by atoms with Crippen molar-refractivity contribution >= 4 is 6.03 Å². The molecule has 0 bridgehead atoms. The lowest BCUT2D eigenvalue weighted by Gasteiger charge is -2.39. The number of urea groups is 1. The minimum Gasteiger partial charge on any atom is -0.493 e. The van der Waals surface area contributed by atoms with Gasteiger partial charge in [-0.3, -0.25) is 4.90 Å². The summed E-state index contributed by atoms with van der Waals surface area (Å²) in [5, 5.41) is 3.06. The summed E-state index contributed by atoms with van der Waals surface area (Å²) in [7, 11) is 0. The van der Waals surface area contributed by atoms with E-state index in [9.17, 15) is 4.79 Å². The van der Waals surface area contributed by atoms with Crippen LogP contribution in [0.2, 0.25) is 0 Å². The Labute approximate surface area is 203 Å². The van der Waals surface area contributed by atoms with Crippen LogP contribution in [-0.2, 0) is 0 Å². The van der Waals surface area contributed by atoms with Gasteiger partial charge in [-0.05, 0) is 42.5 Å². The normalized spacial score (nSPS) is 14.3. The molecular formula is C29H35N3O2. The monoisotopic (exact) mass is 457 g/mol. The van der Waals surface area contributed by atoms with Gasteiger partial charge in [0.05, 0.1) is 12.6 Å². The van der Waals surface area contributed by atoms with Crippen molar-refractivity contribution in [2.75, 3.05) is 39.3 Å². The largest absolute Gasteiger partial charge is 0.493 e. The lowest BCUT2D eigenvalue weighted by Crippen LogP contribution is -2.52. The third-order valence-corrected chi connectivity index (χ3v) is 6.45.